The van der Waals surface area contributed by atoms with Gasteiger partial charge in [-0.1, -0.05) is 36.4 Å². The quantitative estimate of drug-likeness (QED) is 0.560. The molecule has 0 saturated heterocycles. The molecule has 152 valence electrons. The van der Waals surface area contributed by atoms with Crippen molar-refractivity contribution >= 4 is 10.0 Å². The van der Waals surface area contributed by atoms with Gasteiger partial charge in [-0.3, -0.25) is 4.98 Å². The first-order valence-electron chi connectivity index (χ1n) is 9.51. The smallest absolute Gasteiger partial charge is 0.247 e. The Morgan fingerprint density at radius 2 is 1.66 bits per heavy atom. The van der Waals surface area contributed by atoms with Crippen LogP contribution < -0.4 is 4.74 Å². The number of sulfonamides is 1. The van der Waals surface area contributed by atoms with Crippen LogP contribution in [0, 0.1) is 13.8 Å². The molecule has 29 heavy (non-hydrogen) atoms. The van der Waals surface area contributed by atoms with E-state index in [-0.39, 0.29) is 11.4 Å². The van der Waals surface area contributed by atoms with Gasteiger partial charge in [0, 0.05) is 12.7 Å². The van der Waals surface area contributed by atoms with Crippen LogP contribution in [-0.4, -0.2) is 31.4 Å². The van der Waals surface area contributed by atoms with Crippen LogP contribution in [0.4, 0.5) is 0 Å². The summed E-state index contributed by atoms with van der Waals surface area (Å²) in [5.74, 6) is 0.360. The molecule has 3 rings (SSSR count). The highest BCUT2D eigenvalue weighted by atomic mass is 32.2. The van der Waals surface area contributed by atoms with Crippen LogP contribution in [0.15, 0.2) is 71.8 Å². The molecule has 0 radical (unpaired) electrons. The van der Waals surface area contributed by atoms with Gasteiger partial charge in [0.25, 0.3) is 0 Å². The maximum atomic E-state index is 13.6. The van der Waals surface area contributed by atoms with Crippen LogP contribution in [0.3, 0.4) is 0 Å². The molecule has 0 aliphatic rings. The predicted molar refractivity (Wildman–Crippen MR) is 114 cm³/mol. The number of ether oxygens (including phenoxy) is 1. The Bertz CT molecular complexity index is 1050. The molecule has 0 saturated carbocycles. The molecule has 0 amide bonds. The van der Waals surface area contributed by atoms with Gasteiger partial charge in [-0.2, -0.15) is 4.31 Å². The molecule has 0 aliphatic heterocycles. The maximum absolute atomic E-state index is 13.6. The van der Waals surface area contributed by atoms with Crippen molar-refractivity contribution < 1.29 is 13.2 Å². The first-order chi connectivity index (χ1) is 13.9. The van der Waals surface area contributed by atoms with Crippen LogP contribution in [0.5, 0.6) is 5.75 Å². The van der Waals surface area contributed by atoms with E-state index in [2.05, 4.69) is 4.98 Å². The fraction of sp³-hybridized carbons (Fsp3) is 0.261. The second-order valence-corrected chi connectivity index (χ2v) is 8.89. The molecule has 0 unspecified atom stereocenters. The lowest BCUT2D eigenvalue weighted by atomic mass is 10.1. The summed E-state index contributed by atoms with van der Waals surface area (Å²) in [5.41, 5.74) is 3.68. The molecule has 2 aromatic carbocycles. The molecule has 5 nitrogen and oxygen atoms in total. The largest absolute Gasteiger partial charge is 0.495 e. The molecule has 3 aromatic rings. The Morgan fingerprint density at radius 1 is 0.966 bits per heavy atom. The van der Waals surface area contributed by atoms with Crippen LogP contribution in [0.2, 0.25) is 0 Å². The van der Waals surface area contributed by atoms with E-state index >= 15 is 0 Å². The summed E-state index contributed by atoms with van der Waals surface area (Å²) < 4.78 is 34.1. The Labute approximate surface area is 173 Å². The fourth-order valence-corrected chi connectivity index (χ4v) is 4.75. The van der Waals surface area contributed by atoms with E-state index in [0.717, 1.165) is 16.7 Å². The number of methoxy groups -OCH3 is 1. The highest BCUT2D eigenvalue weighted by Crippen LogP contribution is 2.30. The number of nitrogens with zero attached hydrogens (tertiary/aromatic N) is 2. The summed E-state index contributed by atoms with van der Waals surface area (Å²) in [4.78, 5) is 4.50. The number of pyridine rings is 1. The number of hydrogen-bond acceptors (Lipinski definition) is 4. The third-order valence-corrected chi connectivity index (χ3v) is 6.82. The van der Waals surface area contributed by atoms with E-state index in [9.17, 15) is 8.42 Å². The van der Waals surface area contributed by atoms with Crippen molar-refractivity contribution in [1.29, 1.82) is 0 Å². The highest BCUT2D eigenvalue weighted by Gasteiger charge is 2.28. The average molecular weight is 411 g/mol. The lowest BCUT2D eigenvalue weighted by Crippen LogP contribution is -2.33. The normalized spacial score (nSPS) is 11.6. The Balaban J connectivity index is 1.98. The van der Waals surface area contributed by atoms with E-state index in [0.29, 0.717) is 24.4 Å². The van der Waals surface area contributed by atoms with Crippen LogP contribution >= 0.6 is 0 Å². The predicted octanol–water partition coefficient (Wildman–Crippen LogP) is 4.14. The van der Waals surface area contributed by atoms with Gasteiger partial charge in [0.05, 0.1) is 19.3 Å². The molecule has 0 N–H and O–H groups in total. The Morgan fingerprint density at radius 3 is 2.31 bits per heavy atom. The molecule has 0 atom stereocenters. The zero-order chi connectivity index (χ0) is 20.9. The third-order valence-electron chi connectivity index (χ3n) is 4.96. The lowest BCUT2D eigenvalue weighted by molar-refractivity contribution is 0.385. The minimum Gasteiger partial charge on any atom is -0.495 e. The third kappa shape index (κ3) is 5.02. The molecule has 1 heterocycles. The second-order valence-electron chi connectivity index (χ2n) is 6.98. The monoisotopic (exact) mass is 410 g/mol. The van der Waals surface area contributed by atoms with Gasteiger partial charge in [-0.15, -0.1) is 0 Å². The minimum absolute atomic E-state index is 0.187. The molecule has 0 bridgehead atoms. The van der Waals surface area contributed by atoms with Crippen LogP contribution in [-0.2, 0) is 23.0 Å². The molecule has 6 heteroatoms. The first kappa shape index (κ1) is 21.0. The minimum atomic E-state index is -3.78. The maximum Gasteiger partial charge on any atom is 0.247 e. The van der Waals surface area contributed by atoms with Crippen molar-refractivity contribution in [2.75, 3.05) is 13.7 Å². The molecule has 0 fully saturated rings. The van der Waals surface area contributed by atoms with Gasteiger partial charge in [0.1, 0.15) is 10.6 Å². The zero-order valence-corrected chi connectivity index (χ0v) is 17.8. The number of benzene rings is 2. The van der Waals surface area contributed by atoms with Crippen LogP contribution in [0.1, 0.15) is 22.4 Å². The Hall–Kier alpha value is -2.70. The summed E-state index contributed by atoms with van der Waals surface area (Å²) in [6.07, 6.45) is 2.29. The number of aromatic nitrogens is 1. The average Bonchev–Trinajstić information content (AvgIpc) is 2.74. The topological polar surface area (TPSA) is 59.5 Å². The summed E-state index contributed by atoms with van der Waals surface area (Å²) in [6.45, 7) is 4.39. The van der Waals surface area contributed by atoms with E-state index in [1.54, 1.807) is 18.3 Å². The second kappa shape index (κ2) is 9.20. The number of hydrogen-bond donors (Lipinski definition) is 0. The van der Waals surface area contributed by atoms with E-state index in [1.165, 1.54) is 11.4 Å². The SMILES string of the molecule is COc1cc(C)c(C)cc1S(=O)(=O)N(CCc1ccccc1)Cc1ccccn1. The van der Waals surface area contributed by atoms with Crippen molar-refractivity contribution in [2.45, 2.75) is 31.7 Å². The van der Waals surface area contributed by atoms with Gasteiger partial charge in [-0.25, -0.2) is 8.42 Å². The van der Waals surface area contributed by atoms with Crippen molar-refractivity contribution in [3.63, 3.8) is 0 Å². The first-order valence-corrected chi connectivity index (χ1v) is 10.9. The van der Waals surface area contributed by atoms with Crippen molar-refractivity contribution in [3.05, 3.63) is 89.2 Å². The van der Waals surface area contributed by atoms with Crippen molar-refractivity contribution in [1.82, 2.24) is 9.29 Å². The summed E-state index contributed by atoms with van der Waals surface area (Å²) in [7, 11) is -2.29. The molecule has 1 aromatic heterocycles. The summed E-state index contributed by atoms with van der Waals surface area (Å²) >= 11 is 0. The van der Waals surface area contributed by atoms with Crippen molar-refractivity contribution in [2.24, 2.45) is 0 Å². The summed E-state index contributed by atoms with van der Waals surface area (Å²) in [6, 6.07) is 18.9. The van der Waals surface area contributed by atoms with Crippen LogP contribution in [0.25, 0.3) is 0 Å². The lowest BCUT2D eigenvalue weighted by Gasteiger charge is -2.24. The van der Waals surface area contributed by atoms with E-state index in [4.69, 9.17) is 4.74 Å². The van der Waals surface area contributed by atoms with Gasteiger partial charge in [-0.05, 0) is 61.2 Å². The van der Waals surface area contributed by atoms with E-state index < -0.39 is 10.0 Å². The molecule has 0 spiro atoms. The standard InChI is InChI=1S/C23H26N2O3S/c1-18-15-22(28-3)23(16-19(18)2)29(26,27)25(17-21-11-7-8-13-24-21)14-12-20-9-5-4-6-10-20/h4-11,13,15-16H,12,14,17H2,1-3H3. The van der Waals surface area contributed by atoms with Crippen molar-refractivity contribution in [3.8, 4) is 5.75 Å². The number of aryl methyl sites for hydroxylation is 2. The molecular formula is C23H26N2O3S. The Kier molecular flexibility index (Phi) is 6.67. The molecule has 0 aliphatic carbocycles. The number of rotatable bonds is 8. The van der Waals surface area contributed by atoms with E-state index in [1.807, 2.05) is 62.4 Å². The highest BCUT2D eigenvalue weighted by molar-refractivity contribution is 7.89. The zero-order valence-electron chi connectivity index (χ0n) is 17.0. The van der Waals surface area contributed by atoms with Gasteiger partial charge < -0.3 is 4.74 Å². The molecular weight excluding hydrogens is 384 g/mol. The summed E-state index contributed by atoms with van der Waals surface area (Å²) in [5, 5.41) is 0. The van der Waals surface area contributed by atoms with Gasteiger partial charge in [0.15, 0.2) is 0 Å². The fourth-order valence-electron chi connectivity index (χ4n) is 3.12. The van der Waals surface area contributed by atoms with Gasteiger partial charge >= 0.3 is 0 Å². The van der Waals surface area contributed by atoms with Gasteiger partial charge in [0.2, 0.25) is 10.0 Å².